The van der Waals surface area contributed by atoms with Gasteiger partial charge in [0.15, 0.2) is 0 Å². The predicted octanol–water partition coefficient (Wildman–Crippen LogP) is 1.74. The molecule has 0 aromatic heterocycles. The van der Waals surface area contributed by atoms with Crippen LogP contribution in [0.2, 0.25) is 0 Å². The van der Waals surface area contributed by atoms with Crippen molar-refractivity contribution in [3.63, 3.8) is 0 Å². The summed E-state index contributed by atoms with van der Waals surface area (Å²) in [5, 5.41) is 18.1. The Labute approximate surface area is 114 Å². The fraction of sp³-hybridized carbons (Fsp3) is 0.417. The molecule has 18 heavy (non-hydrogen) atoms. The zero-order chi connectivity index (χ0) is 13.1. The molecule has 1 amide bonds. The van der Waals surface area contributed by atoms with Gasteiger partial charge in [-0.15, -0.1) is 0 Å². The molecule has 1 saturated heterocycles. The molecule has 0 atom stereocenters. The van der Waals surface area contributed by atoms with E-state index in [4.69, 9.17) is 5.11 Å². The average Bonchev–Trinajstić information content (AvgIpc) is 2.39. The van der Waals surface area contributed by atoms with Crippen molar-refractivity contribution in [2.45, 2.75) is 6.61 Å². The van der Waals surface area contributed by atoms with E-state index in [1.807, 2.05) is 18.2 Å². The third-order valence-electron chi connectivity index (χ3n) is 3.11. The van der Waals surface area contributed by atoms with Gasteiger partial charge in [-0.3, -0.25) is 0 Å². The van der Waals surface area contributed by atoms with E-state index in [1.165, 1.54) is 4.90 Å². The van der Waals surface area contributed by atoms with Crippen molar-refractivity contribution in [1.29, 1.82) is 0 Å². The first-order chi connectivity index (χ1) is 8.61. The molecule has 6 heteroatoms. The number of aliphatic hydroxyl groups is 1. The highest BCUT2D eigenvalue weighted by molar-refractivity contribution is 9.10. The van der Waals surface area contributed by atoms with Gasteiger partial charge in [-0.2, -0.15) is 0 Å². The van der Waals surface area contributed by atoms with Crippen LogP contribution in [0.1, 0.15) is 5.56 Å². The summed E-state index contributed by atoms with van der Waals surface area (Å²) in [4.78, 5) is 14.4. The van der Waals surface area contributed by atoms with Crippen molar-refractivity contribution < 1.29 is 15.0 Å². The highest BCUT2D eigenvalue weighted by Gasteiger charge is 2.20. The number of nitrogens with zero attached hydrogens (tertiary/aromatic N) is 2. The van der Waals surface area contributed by atoms with E-state index < -0.39 is 6.09 Å². The number of hydrogen-bond donors (Lipinski definition) is 2. The minimum absolute atomic E-state index is 0.0104. The van der Waals surface area contributed by atoms with Crippen LogP contribution in [-0.2, 0) is 6.61 Å². The molecule has 0 radical (unpaired) electrons. The van der Waals surface area contributed by atoms with Crippen LogP contribution in [0, 0.1) is 0 Å². The number of carboxylic acid groups (broad SMARTS) is 1. The summed E-state index contributed by atoms with van der Waals surface area (Å²) in [6, 6.07) is 5.81. The Morgan fingerprint density at radius 3 is 2.50 bits per heavy atom. The maximum atomic E-state index is 10.8. The lowest BCUT2D eigenvalue weighted by molar-refractivity contribution is 0.142. The zero-order valence-corrected chi connectivity index (χ0v) is 11.4. The average molecular weight is 315 g/mol. The normalized spacial score (nSPS) is 15.9. The number of piperazine rings is 1. The van der Waals surface area contributed by atoms with Gasteiger partial charge in [0, 0.05) is 36.3 Å². The van der Waals surface area contributed by atoms with Crippen molar-refractivity contribution in [3.05, 3.63) is 28.2 Å². The third kappa shape index (κ3) is 2.76. The van der Waals surface area contributed by atoms with Crippen molar-refractivity contribution >= 4 is 27.7 Å². The van der Waals surface area contributed by atoms with E-state index in [0.717, 1.165) is 15.7 Å². The summed E-state index contributed by atoms with van der Waals surface area (Å²) in [5.41, 5.74) is 1.86. The summed E-state index contributed by atoms with van der Waals surface area (Å²) in [7, 11) is 0. The first kappa shape index (κ1) is 13.2. The number of rotatable bonds is 2. The lowest BCUT2D eigenvalue weighted by Gasteiger charge is -2.34. The van der Waals surface area contributed by atoms with E-state index in [9.17, 15) is 9.90 Å². The second-order valence-electron chi connectivity index (χ2n) is 4.19. The summed E-state index contributed by atoms with van der Waals surface area (Å²) in [5.74, 6) is 0. The Morgan fingerprint density at radius 1 is 1.28 bits per heavy atom. The van der Waals surface area contributed by atoms with Crippen LogP contribution in [-0.4, -0.2) is 47.4 Å². The van der Waals surface area contributed by atoms with Crippen LogP contribution in [0.5, 0.6) is 0 Å². The van der Waals surface area contributed by atoms with Crippen LogP contribution in [0.15, 0.2) is 22.7 Å². The largest absolute Gasteiger partial charge is 0.465 e. The molecule has 98 valence electrons. The van der Waals surface area contributed by atoms with Crippen molar-refractivity contribution in [3.8, 4) is 0 Å². The molecule has 2 rings (SSSR count). The van der Waals surface area contributed by atoms with Crippen LogP contribution in [0.4, 0.5) is 10.5 Å². The Kier molecular flexibility index (Phi) is 4.08. The fourth-order valence-electron chi connectivity index (χ4n) is 2.03. The van der Waals surface area contributed by atoms with Gasteiger partial charge < -0.3 is 20.0 Å². The Balaban J connectivity index is 2.07. The van der Waals surface area contributed by atoms with E-state index in [1.54, 1.807) is 0 Å². The second-order valence-corrected chi connectivity index (χ2v) is 5.04. The summed E-state index contributed by atoms with van der Waals surface area (Å²) < 4.78 is 0.887. The maximum Gasteiger partial charge on any atom is 0.407 e. The van der Waals surface area contributed by atoms with Crippen LogP contribution >= 0.6 is 15.9 Å². The molecule has 1 aromatic rings. The number of benzene rings is 1. The van der Waals surface area contributed by atoms with Gasteiger partial charge in [-0.1, -0.05) is 15.9 Å². The van der Waals surface area contributed by atoms with Crippen LogP contribution in [0.25, 0.3) is 0 Å². The number of aliphatic hydroxyl groups excluding tert-OH is 1. The second kappa shape index (κ2) is 5.58. The molecule has 0 bridgehead atoms. The predicted molar refractivity (Wildman–Crippen MR) is 71.9 cm³/mol. The molecule has 1 aromatic carbocycles. The minimum Gasteiger partial charge on any atom is -0.465 e. The molecule has 0 aliphatic carbocycles. The Bertz CT molecular complexity index is 445. The molecule has 0 spiro atoms. The number of carbonyl (C=O) groups is 1. The molecule has 1 aliphatic rings. The smallest absolute Gasteiger partial charge is 0.407 e. The maximum absolute atomic E-state index is 10.8. The summed E-state index contributed by atoms with van der Waals surface area (Å²) in [6.45, 7) is 2.38. The van der Waals surface area contributed by atoms with Gasteiger partial charge in [-0.05, 0) is 23.8 Å². The van der Waals surface area contributed by atoms with Gasteiger partial charge in [0.25, 0.3) is 0 Å². The number of halogens is 1. The van der Waals surface area contributed by atoms with Gasteiger partial charge in [0.1, 0.15) is 0 Å². The lowest BCUT2D eigenvalue weighted by atomic mass is 10.2. The molecule has 1 heterocycles. The quantitative estimate of drug-likeness (QED) is 0.873. The topological polar surface area (TPSA) is 64.0 Å². The van der Waals surface area contributed by atoms with Crippen LogP contribution in [0.3, 0.4) is 0 Å². The van der Waals surface area contributed by atoms with Crippen molar-refractivity contribution in [1.82, 2.24) is 4.90 Å². The molecule has 2 N–H and O–H groups in total. The summed E-state index contributed by atoms with van der Waals surface area (Å²) in [6.07, 6.45) is -0.860. The first-order valence-electron chi connectivity index (χ1n) is 5.74. The zero-order valence-electron chi connectivity index (χ0n) is 9.84. The standard InChI is InChI=1S/C12H15BrN2O3/c13-11-2-1-10(7-9(11)8-16)14-3-5-15(6-4-14)12(17)18/h1-2,7,16H,3-6,8H2,(H,17,18). The Hall–Kier alpha value is -1.27. The van der Waals surface area contributed by atoms with Gasteiger partial charge in [0.2, 0.25) is 0 Å². The number of amides is 1. The SMILES string of the molecule is O=C(O)N1CCN(c2ccc(Br)c(CO)c2)CC1. The van der Waals surface area contributed by atoms with E-state index >= 15 is 0 Å². The van der Waals surface area contributed by atoms with Crippen molar-refractivity contribution in [2.75, 3.05) is 31.1 Å². The molecule has 1 fully saturated rings. The highest BCUT2D eigenvalue weighted by Crippen LogP contribution is 2.24. The van der Waals surface area contributed by atoms with Gasteiger partial charge >= 0.3 is 6.09 Å². The first-order valence-corrected chi connectivity index (χ1v) is 6.53. The van der Waals surface area contributed by atoms with Crippen molar-refractivity contribution in [2.24, 2.45) is 0 Å². The van der Waals surface area contributed by atoms with Crippen LogP contribution < -0.4 is 4.90 Å². The molecular weight excluding hydrogens is 300 g/mol. The van der Waals surface area contributed by atoms with Gasteiger partial charge in [0.05, 0.1) is 6.61 Å². The van der Waals surface area contributed by atoms with Gasteiger partial charge in [-0.25, -0.2) is 4.79 Å². The molecule has 0 saturated carbocycles. The minimum atomic E-state index is -0.860. The summed E-state index contributed by atoms with van der Waals surface area (Å²) >= 11 is 3.38. The molecule has 0 unspecified atom stereocenters. The molecular formula is C12H15BrN2O3. The fourth-order valence-corrected chi connectivity index (χ4v) is 2.41. The van der Waals surface area contributed by atoms with E-state index in [-0.39, 0.29) is 6.61 Å². The Morgan fingerprint density at radius 2 is 1.94 bits per heavy atom. The third-order valence-corrected chi connectivity index (χ3v) is 3.89. The number of anilines is 1. The van der Waals surface area contributed by atoms with E-state index in [2.05, 4.69) is 20.8 Å². The highest BCUT2D eigenvalue weighted by atomic mass is 79.9. The van der Waals surface area contributed by atoms with E-state index in [0.29, 0.717) is 26.2 Å². The monoisotopic (exact) mass is 314 g/mol. The molecule has 5 nitrogen and oxygen atoms in total. The lowest BCUT2D eigenvalue weighted by Crippen LogP contribution is -2.48. The molecule has 1 aliphatic heterocycles. The number of hydrogen-bond acceptors (Lipinski definition) is 3.